The van der Waals surface area contributed by atoms with Crippen LogP contribution in [0.1, 0.15) is 28.3 Å². The maximum atomic E-state index is 12.7. The van der Waals surface area contributed by atoms with Gasteiger partial charge in [0.05, 0.1) is 0 Å². The number of Topliss-reactive ketones (excluding diaryl/α,β-unsaturated/α-hetero) is 1. The molecule has 0 radical (unpaired) electrons. The second kappa shape index (κ2) is 4.74. The Morgan fingerprint density at radius 3 is 2.76 bits per heavy atom. The molecular formula is C18H14ClNO. The first-order valence-electron chi connectivity index (χ1n) is 7.10. The van der Waals surface area contributed by atoms with Gasteiger partial charge in [-0.25, -0.2) is 0 Å². The van der Waals surface area contributed by atoms with E-state index in [4.69, 9.17) is 11.6 Å². The van der Waals surface area contributed by atoms with Gasteiger partial charge in [-0.2, -0.15) is 0 Å². The summed E-state index contributed by atoms with van der Waals surface area (Å²) in [6.45, 7) is 0. The van der Waals surface area contributed by atoms with Crippen molar-refractivity contribution in [1.29, 1.82) is 0 Å². The average Bonchev–Trinajstić information content (AvgIpc) is 3.21. The van der Waals surface area contributed by atoms with E-state index in [1.807, 2.05) is 42.6 Å². The van der Waals surface area contributed by atoms with Gasteiger partial charge in [-0.3, -0.25) is 4.79 Å². The number of aromatic amines is 1. The van der Waals surface area contributed by atoms with Gasteiger partial charge in [-0.1, -0.05) is 48.0 Å². The lowest BCUT2D eigenvalue weighted by molar-refractivity contribution is 0.0967. The molecule has 2 atom stereocenters. The van der Waals surface area contributed by atoms with Gasteiger partial charge >= 0.3 is 0 Å². The quantitative estimate of drug-likeness (QED) is 0.691. The number of carbonyl (C=O) groups is 1. The minimum atomic E-state index is 0.113. The molecule has 1 aliphatic carbocycles. The Morgan fingerprint density at radius 1 is 1.14 bits per heavy atom. The van der Waals surface area contributed by atoms with E-state index in [1.54, 1.807) is 0 Å². The molecule has 1 aromatic heterocycles. The molecule has 3 heteroatoms. The van der Waals surface area contributed by atoms with Crippen LogP contribution in [0.25, 0.3) is 10.9 Å². The van der Waals surface area contributed by atoms with Crippen molar-refractivity contribution < 1.29 is 4.79 Å². The Morgan fingerprint density at radius 2 is 1.95 bits per heavy atom. The van der Waals surface area contributed by atoms with Crippen LogP contribution in [0.15, 0.2) is 54.7 Å². The number of fused-ring (bicyclic) bond motifs is 1. The van der Waals surface area contributed by atoms with Gasteiger partial charge in [0.1, 0.15) is 0 Å². The van der Waals surface area contributed by atoms with Crippen molar-refractivity contribution in [3.05, 3.63) is 70.9 Å². The molecule has 0 bridgehead atoms. The van der Waals surface area contributed by atoms with Gasteiger partial charge in [-0.05, 0) is 30.0 Å². The lowest BCUT2D eigenvalue weighted by Crippen LogP contribution is -2.02. The van der Waals surface area contributed by atoms with Crippen LogP contribution in [0, 0.1) is 5.92 Å². The standard InChI is InChI=1S/C18H14ClNO/c19-12-6-7-13-16(10-20-17(13)8-12)18(21)15-9-14(15)11-4-2-1-3-5-11/h1-8,10,14-15,20H,9H2. The average molecular weight is 296 g/mol. The Hall–Kier alpha value is -2.06. The number of carbonyl (C=O) groups excluding carboxylic acids is 1. The van der Waals surface area contributed by atoms with Gasteiger partial charge in [0, 0.05) is 33.6 Å². The summed E-state index contributed by atoms with van der Waals surface area (Å²) in [7, 11) is 0. The molecule has 0 aliphatic heterocycles. The van der Waals surface area contributed by atoms with Crippen LogP contribution in [0.4, 0.5) is 0 Å². The number of H-pyrrole nitrogens is 1. The first kappa shape index (κ1) is 12.7. The molecule has 2 unspecified atom stereocenters. The number of halogens is 1. The molecule has 1 saturated carbocycles. The number of ketones is 1. The molecule has 2 aromatic carbocycles. The van der Waals surface area contributed by atoms with Crippen LogP contribution in [-0.2, 0) is 0 Å². The highest BCUT2D eigenvalue weighted by Crippen LogP contribution is 2.49. The molecule has 104 valence electrons. The molecule has 0 amide bonds. The van der Waals surface area contributed by atoms with Gasteiger partial charge in [0.15, 0.2) is 5.78 Å². The molecule has 3 aromatic rings. The Bertz CT molecular complexity index is 822. The van der Waals surface area contributed by atoms with Crippen molar-refractivity contribution in [3.63, 3.8) is 0 Å². The summed E-state index contributed by atoms with van der Waals surface area (Å²) >= 11 is 5.98. The molecular weight excluding hydrogens is 282 g/mol. The predicted octanol–water partition coefficient (Wildman–Crippen LogP) is 4.81. The highest BCUT2D eigenvalue weighted by atomic mass is 35.5. The van der Waals surface area contributed by atoms with Crippen LogP contribution in [0.3, 0.4) is 0 Å². The van der Waals surface area contributed by atoms with Crippen molar-refractivity contribution >= 4 is 28.3 Å². The van der Waals surface area contributed by atoms with Gasteiger partial charge in [-0.15, -0.1) is 0 Å². The molecule has 1 fully saturated rings. The summed E-state index contributed by atoms with van der Waals surface area (Å²) in [5.41, 5.74) is 2.96. The number of rotatable bonds is 3. The Labute approximate surface area is 127 Å². The highest BCUT2D eigenvalue weighted by Gasteiger charge is 2.44. The number of hydrogen-bond donors (Lipinski definition) is 1. The van der Waals surface area contributed by atoms with Crippen molar-refractivity contribution in [2.45, 2.75) is 12.3 Å². The Kier molecular flexibility index (Phi) is 2.86. The molecule has 0 spiro atoms. The number of aromatic nitrogens is 1. The van der Waals surface area contributed by atoms with Crippen molar-refractivity contribution in [3.8, 4) is 0 Å². The summed E-state index contributed by atoms with van der Waals surface area (Å²) in [5.74, 6) is 0.718. The monoisotopic (exact) mass is 295 g/mol. The topological polar surface area (TPSA) is 32.9 Å². The normalized spacial score (nSPS) is 20.6. The molecule has 4 rings (SSSR count). The first-order valence-corrected chi connectivity index (χ1v) is 7.47. The van der Waals surface area contributed by atoms with Crippen molar-refractivity contribution in [2.75, 3.05) is 0 Å². The molecule has 21 heavy (non-hydrogen) atoms. The summed E-state index contributed by atoms with van der Waals surface area (Å²) in [4.78, 5) is 15.8. The highest BCUT2D eigenvalue weighted by molar-refractivity contribution is 6.31. The van der Waals surface area contributed by atoms with E-state index in [-0.39, 0.29) is 11.7 Å². The summed E-state index contributed by atoms with van der Waals surface area (Å²) in [5, 5.41) is 1.64. The number of benzene rings is 2. The summed E-state index contributed by atoms with van der Waals surface area (Å²) in [6, 6.07) is 15.9. The minimum absolute atomic E-state index is 0.113. The predicted molar refractivity (Wildman–Crippen MR) is 84.9 cm³/mol. The Balaban J connectivity index is 1.63. The zero-order valence-corrected chi connectivity index (χ0v) is 12.1. The van der Waals surface area contributed by atoms with Crippen LogP contribution in [0.5, 0.6) is 0 Å². The maximum absolute atomic E-state index is 12.7. The second-order valence-corrected chi connectivity index (χ2v) is 6.05. The number of hydrogen-bond acceptors (Lipinski definition) is 1. The molecule has 2 nitrogen and oxygen atoms in total. The summed E-state index contributed by atoms with van der Waals surface area (Å²) in [6.07, 6.45) is 2.76. The third kappa shape index (κ3) is 2.16. The number of nitrogens with one attached hydrogen (secondary N) is 1. The van der Waals surface area contributed by atoms with Crippen LogP contribution < -0.4 is 0 Å². The van der Waals surface area contributed by atoms with Crippen LogP contribution in [0.2, 0.25) is 5.02 Å². The fraction of sp³-hybridized carbons (Fsp3) is 0.167. The van der Waals surface area contributed by atoms with E-state index < -0.39 is 0 Å². The molecule has 1 aliphatic rings. The fourth-order valence-corrected chi connectivity index (χ4v) is 3.23. The van der Waals surface area contributed by atoms with Crippen molar-refractivity contribution in [2.24, 2.45) is 5.92 Å². The first-order chi connectivity index (χ1) is 10.2. The van der Waals surface area contributed by atoms with Crippen LogP contribution in [-0.4, -0.2) is 10.8 Å². The van der Waals surface area contributed by atoms with Crippen molar-refractivity contribution in [1.82, 2.24) is 4.98 Å². The molecule has 1 heterocycles. The van der Waals surface area contributed by atoms with E-state index in [0.717, 1.165) is 22.9 Å². The largest absolute Gasteiger partial charge is 0.360 e. The second-order valence-electron chi connectivity index (χ2n) is 5.62. The van der Waals surface area contributed by atoms with Gasteiger partial charge in [0.2, 0.25) is 0 Å². The molecule has 1 N–H and O–H groups in total. The van der Waals surface area contributed by atoms with E-state index >= 15 is 0 Å². The SMILES string of the molecule is O=C(c1c[nH]c2cc(Cl)ccc12)C1CC1c1ccccc1. The maximum Gasteiger partial charge on any atom is 0.168 e. The van der Waals surface area contributed by atoms with E-state index in [9.17, 15) is 4.79 Å². The van der Waals surface area contributed by atoms with E-state index in [2.05, 4.69) is 17.1 Å². The third-order valence-electron chi connectivity index (χ3n) is 4.26. The van der Waals surface area contributed by atoms with Crippen LogP contribution >= 0.6 is 11.6 Å². The van der Waals surface area contributed by atoms with E-state index in [0.29, 0.717) is 10.9 Å². The lowest BCUT2D eigenvalue weighted by Gasteiger charge is -2.00. The molecule has 0 saturated heterocycles. The van der Waals surface area contributed by atoms with Gasteiger partial charge < -0.3 is 4.98 Å². The minimum Gasteiger partial charge on any atom is -0.360 e. The zero-order valence-electron chi connectivity index (χ0n) is 11.3. The smallest absolute Gasteiger partial charge is 0.168 e. The lowest BCUT2D eigenvalue weighted by atomic mass is 10.0. The van der Waals surface area contributed by atoms with E-state index in [1.165, 1.54) is 5.56 Å². The fourth-order valence-electron chi connectivity index (χ4n) is 3.06. The third-order valence-corrected chi connectivity index (χ3v) is 4.50. The van der Waals surface area contributed by atoms with Gasteiger partial charge in [0.25, 0.3) is 0 Å². The zero-order chi connectivity index (χ0) is 14.4. The summed E-state index contributed by atoms with van der Waals surface area (Å²) < 4.78 is 0.